The molecule has 2 N–H and O–H groups in total. The lowest BCUT2D eigenvalue weighted by molar-refractivity contribution is 0.399. The van der Waals surface area contributed by atoms with Gasteiger partial charge in [-0.1, -0.05) is 28.9 Å². The zero-order chi connectivity index (χ0) is 16.6. The number of hydrogen-bond donors (Lipinski definition) is 2. The minimum atomic E-state index is -0.195. The SMILES string of the molecule is COc1ccc(-c2c(-c3cc(Cl)c(O)cc3O)noc2C)cc1. The number of nitrogens with zero attached hydrogens (tertiary/aromatic N) is 1. The third kappa shape index (κ3) is 2.71. The summed E-state index contributed by atoms with van der Waals surface area (Å²) in [5.74, 6) is 1.02. The number of aryl methyl sites for hydroxylation is 1. The first-order valence-corrected chi connectivity index (χ1v) is 7.21. The highest BCUT2D eigenvalue weighted by atomic mass is 35.5. The molecular formula is C17H14ClNO4. The van der Waals surface area contributed by atoms with E-state index in [0.29, 0.717) is 17.0 Å². The number of aromatic nitrogens is 1. The summed E-state index contributed by atoms with van der Waals surface area (Å²) in [6, 6.07) is 10.0. The molecule has 0 unspecified atom stereocenters. The number of halogens is 1. The van der Waals surface area contributed by atoms with Gasteiger partial charge in [-0.2, -0.15) is 0 Å². The predicted molar refractivity (Wildman–Crippen MR) is 87.0 cm³/mol. The molecule has 3 rings (SSSR count). The van der Waals surface area contributed by atoms with Gasteiger partial charge in [0.05, 0.1) is 17.7 Å². The first kappa shape index (κ1) is 15.2. The first-order valence-electron chi connectivity index (χ1n) is 6.83. The van der Waals surface area contributed by atoms with Gasteiger partial charge in [-0.15, -0.1) is 0 Å². The van der Waals surface area contributed by atoms with Gasteiger partial charge < -0.3 is 19.5 Å². The Labute approximate surface area is 137 Å². The fourth-order valence-corrected chi connectivity index (χ4v) is 2.56. The summed E-state index contributed by atoms with van der Waals surface area (Å²) in [6.45, 7) is 1.79. The van der Waals surface area contributed by atoms with Gasteiger partial charge in [0.1, 0.15) is 28.7 Å². The lowest BCUT2D eigenvalue weighted by Gasteiger charge is -2.07. The van der Waals surface area contributed by atoms with Gasteiger partial charge in [-0.25, -0.2) is 0 Å². The standard InChI is InChI=1S/C17H14ClNO4/c1-9-16(10-3-5-11(22-2)6-4-10)17(19-23-9)12-7-13(18)15(21)8-14(12)20/h3-8,20-21H,1-2H3. The Hall–Kier alpha value is -2.66. The van der Waals surface area contributed by atoms with E-state index in [2.05, 4.69) is 5.16 Å². The van der Waals surface area contributed by atoms with Gasteiger partial charge in [-0.3, -0.25) is 0 Å². The Balaban J connectivity index is 2.17. The summed E-state index contributed by atoms with van der Waals surface area (Å²) < 4.78 is 10.4. The highest BCUT2D eigenvalue weighted by Crippen LogP contribution is 2.42. The lowest BCUT2D eigenvalue weighted by atomic mass is 9.99. The number of rotatable bonds is 3. The van der Waals surface area contributed by atoms with Crippen LogP contribution in [0.3, 0.4) is 0 Å². The van der Waals surface area contributed by atoms with Gasteiger partial charge in [0.2, 0.25) is 0 Å². The van der Waals surface area contributed by atoms with Crippen molar-refractivity contribution >= 4 is 11.6 Å². The minimum Gasteiger partial charge on any atom is -0.507 e. The van der Waals surface area contributed by atoms with Crippen LogP contribution in [-0.2, 0) is 0 Å². The molecule has 118 valence electrons. The summed E-state index contributed by atoms with van der Waals surface area (Å²) >= 11 is 5.94. The second-order valence-electron chi connectivity index (χ2n) is 5.01. The molecule has 2 aromatic carbocycles. The lowest BCUT2D eigenvalue weighted by Crippen LogP contribution is -1.87. The van der Waals surface area contributed by atoms with Crippen molar-refractivity contribution in [1.29, 1.82) is 0 Å². The Bertz CT molecular complexity index is 856. The summed E-state index contributed by atoms with van der Waals surface area (Å²) in [5.41, 5.74) is 2.44. The van der Waals surface area contributed by atoms with Crippen molar-refractivity contribution in [3.8, 4) is 39.6 Å². The Kier molecular flexibility index (Phi) is 3.88. The van der Waals surface area contributed by atoms with Crippen molar-refractivity contribution in [3.63, 3.8) is 0 Å². The maximum absolute atomic E-state index is 10.1. The second-order valence-corrected chi connectivity index (χ2v) is 5.42. The van der Waals surface area contributed by atoms with Crippen molar-refractivity contribution in [3.05, 3.63) is 47.2 Å². The van der Waals surface area contributed by atoms with Crippen LogP contribution >= 0.6 is 11.6 Å². The quantitative estimate of drug-likeness (QED) is 0.744. The first-order chi connectivity index (χ1) is 11.0. The smallest absolute Gasteiger partial charge is 0.142 e. The maximum Gasteiger partial charge on any atom is 0.142 e. The van der Waals surface area contributed by atoms with Crippen molar-refractivity contribution in [2.24, 2.45) is 0 Å². The van der Waals surface area contributed by atoms with E-state index in [0.717, 1.165) is 16.9 Å². The van der Waals surface area contributed by atoms with Crippen LogP contribution in [-0.4, -0.2) is 22.5 Å². The number of benzene rings is 2. The van der Waals surface area contributed by atoms with Crippen LogP contribution in [0, 0.1) is 6.92 Å². The van der Waals surface area contributed by atoms with Gasteiger partial charge in [0, 0.05) is 11.6 Å². The maximum atomic E-state index is 10.1. The van der Waals surface area contributed by atoms with Gasteiger partial charge in [0.25, 0.3) is 0 Å². The Morgan fingerprint density at radius 2 is 1.78 bits per heavy atom. The molecule has 0 aliphatic carbocycles. The van der Waals surface area contributed by atoms with Crippen LogP contribution < -0.4 is 4.74 Å². The second kappa shape index (κ2) is 5.85. The molecule has 0 fully saturated rings. The van der Waals surface area contributed by atoms with Crippen molar-refractivity contribution in [1.82, 2.24) is 5.16 Å². The third-order valence-corrected chi connectivity index (χ3v) is 3.86. The molecule has 0 saturated carbocycles. The summed E-state index contributed by atoms with van der Waals surface area (Å²) in [6.07, 6.45) is 0. The Morgan fingerprint density at radius 1 is 1.09 bits per heavy atom. The van der Waals surface area contributed by atoms with E-state index in [1.165, 1.54) is 12.1 Å². The number of methoxy groups -OCH3 is 1. The van der Waals surface area contributed by atoms with Crippen LogP contribution in [0.5, 0.6) is 17.2 Å². The molecule has 6 heteroatoms. The molecule has 0 spiro atoms. The van der Waals surface area contributed by atoms with Crippen molar-refractivity contribution < 1.29 is 19.5 Å². The average Bonchev–Trinajstić information content (AvgIpc) is 2.92. The molecule has 0 saturated heterocycles. The number of aromatic hydroxyl groups is 2. The zero-order valence-corrected chi connectivity index (χ0v) is 13.3. The molecule has 0 atom stereocenters. The monoisotopic (exact) mass is 331 g/mol. The molecule has 1 aromatic heterocycles. The van der Waals surface area contributed by atoms with E-state index in [9.17, 15) is 10.2 Å². The van der Waals surface area contributed by atoms with Gasteiger partial charge in [0.15, 0.2) is 0 Å². The van der Waals surface area contributed by atoms with E-state index in [1.54, 1.807) is 14.0 Å². The highest BCUT2D eigenvalue weighted by molar-refractivity contribution is 6.32. The molecular weight excluding hydrogens is 318 g/mol. The van der Waals surface area contributed by atoms with E-state index in [4.69, 9.17) is 20.9 Å². The minimum absolute atomic E-state index is 0.124. The molecule has 0 bridgehead atoms. The number of phenolic OH excluding ortho intramolecular Hbond substituents is 2. The molecule has 0 aliphatic rings. The van der Waals surface area contributed by atoms with E-state index in [1.807, 2.05) is 24.3 Å². The molecule has 1 heterocycles. The number of ether oxygens (including phenoxy) is 1. The number of phenols is 2. The molecule has 0 radical (unpaired) electrons. The highest BCUT2D eigenvalue weighted by Gasteiger charge is 2.20. The Morgan fingerprint density at radius 3 is 2.43 bits per heavy atom. The van der Waals surface area contributed by atoms with Crippen LogP contribution in [0.1, 0.15) is 5.76 Å². The summed E-state index contributed by atoms with van der Waals surface area (Å²) in [4.78, 5) is 0. The third-order valence-electron chi connectivity index (χ3n) is 3.56. The van der Waals surface area contributed by atoms with Crippen molar-refractivity contribution in [2.75, 3.05) is 7.11 Å². The molecule has 0 amide bonds. The molecule has 3 aromatic rings. The van der Waals surface area contributed by atoms with Crippen LogP contribution in [0.2, 0.25) is 5.02 Å². The largest absolute Gasteiger partial charge is 0.507 e. The van der Waals surface area contributed by atoms with E-state index >= 15 is 0 Å². The van der Waals surface area contributed by atoms with E-state index < -0.39 is 0 Å². The fourth-order valence-electron chi connectivity index (χ4n) is 2.39. The summed E-state index contributed by atoms with van der Waals surface area (Å²) in [5, 5.41) is 23.8. The molecule has 5 nitrogen and oxygen atoms in total. The topological polar surface area (TPSA) is 75.7 Å². The van der Waals surface area contributed by atoms with Crippen LogP contribution in [0.15, 0.2) is 40.9 Å². The van der Waals surface area contributed by atoms with Gasteiger partial charge in [-0.05, 0) is 30.7 Å². The molecule has 23 heavy (non-hydrogen) atoms. The van der Waals surface area contributed by atoms with Crippen molar-refractivity contribution in [2.45, 2.75) is 6.92 Å². The molecule has 0 aliphatic heterocycles. The van der Waals surface area contributed by atoms with Crippen LogP contribution in [0.25, 0.3) is 22.4 Å². The normalized spacial score (nSPS) is 10.7. The van der Waals surface area contributed by atoms with Gasteiger partial charge >= 0.3 is 0 Å². The average molecular weight is 332 g/mol. The zero-order valence-electron chi connectivity index (χ0n) is 12.5. The fraction of sp³-hybridized carbons (Fsp3) is 0.118. The predicted octanol–water partition coefficient (Wildman–Crippen LogP) is 4.39. The number of hydrogen-bond acceptors (Lipinski definition) is 5. The summed E-state index contributed by atoms with van der Waals surface area (Å²) in [7, 11) is 1.60. The van der Waals surface area contributed by atoms with E-state index in [-0.39, 0.29) is 16.5 Å². The van der Waals surface area contributed by atoms with Crippen LogP contribution in [0.4, 0.5) is 0 Å².